The zero-order valence-corrected chi connectivity index (χ0v) is 15.9. The van der Waals surface area contributed by atoms with E-state index in [0.29, 0.717) is 16.6 Å². The molecule has 4 rings (SSSR count). The van der Waals surface area contributed by atoms with Crippen molar-refractivity contribution in [1.29, 1.82) is 0 Å². The van der Waals surface area contributed by atoms with Gasteiger partial charge in [0.25, 0.3) is 5.91 Å². The number of carbonyl (C=O) groups is 1. The van der Waals surface area contributed by atoms with Gasteiger partial charge in [-0.2, -0.15) is 0 Å². The van der Waals surface area contributed by atoms with E-state index < -0.39 is 0 Å². The van der Waals surface area contributed by atoms with Gasteiger partial charge in [0.1, 0.15) is 5.01 Å². The lowest BCUT2D eigenvalue weighted by molar-refractivity contribution is 0.102. The Morgan fingerprint density at radius 1 is 1.00 bits per heavy atom. The summed E-state index contributed by atoms with van der Waals surface area (Å²) in [6.45, 7) is 0. The molecule has 1 saturated carbocycles. The third-order valence-corrected chi connectivity index (χ3v) is 5.81. The first-order valence-electron chi connectivity index (χ1n) is 9.37. The molecular weight excluding hydrogens is 354 g/mol. The molecular formula is C22H22N3OS. The van der Waals surface area contributed by atoms with Crippen LogP contribution in [-0.4, -0.2) is 16.1 Å². The van der Waals surface area contributed by atoms with Crippen LogP contribution in [0.5, 0.6) is 0 Å². The average Bonchev–Trinajstić information content (AvgIpc) is 3.16. The molecule has 1 amide bonds. The maximum atomic E-state index is 12.5. The van der Waals surface area contributed by atoms with Crippen LogP contribution in [0.25, 0.3) is 0 Å². The van der Waals surface area contributed by atoms with E-state index in [9.17, 15) is 4.79 Å². The van der Waals surface area contributed by atoms with Crippen LogP contribution < -0.4 is 5.32 Å². The SMILES string of the molecule is O=C(Nc1nnc(Cc2ccccc2)s1)c1ccc(C2CC[CH]CC2)cc1. The van der Waals surface area contributed by atoms with Gasteiger partial charge in [0.2, 0.25) is 5.13 Å². The molecule has 0 saturated heterocycles. The summed E-state index contributed by atoms with van der Waals surface area (Å²) in [6.07, 6.45) is 7.89. The smallest absolute Gasteiger partial charge is 0.257 e. The summed E-state index contributed by atoms with van der Waals surface area (Å²) in [5.41, 5.74) is 3.17. The van der Waals surface area contributed by atoms with Crippen LogP contribution in [0.4, 0.5) is 5.13 Å². The summed E-state index contributed by atoms with van der Waals surface area (Å²) in [4.78, 5) is 12.5. The van der Waals surface area contributed by atoms with Crippen molar-refractivity contribution in [2.24, 2.45) is 0 Å². The summed E-state index contributed by atoms with van der Waals surface area (Å²) in [7, 11) is 0. The van der Waals surface area contributed by atoms with Crippen LogP contribution in [0.1, 0.15) is 58.1 Å². The fourth-order valence-corrected chi connectivity index (χ4v) is 4.25. The standard InChI is InChI=1S/C22H22N3OS/c26-21(19-13-11-18(12-14-19)17-9-5-2-6-10-17)23-22-25-24-20(27-22)15-16-7-3-1-4-8-16/h1-4,7-8,11-14,17H,5-6,9-10,15H2,(H,23,25,26). The van der Waals surface area contributed by atoms with Crippen molar-refractivity contribution in [2.75, 3.05) is 5.32 Å². The Kier molecular flexibility index (Phi) is 5.58. The van der Waals surface area contributed by atoms with Gasteiger partial charge in [-0.1, -0.05) is 53.8 Å². The van der Waals surface area contributed by atoms with Crippen molar-refractivity contribution in [2.45, 2.75) is 38.0 Å². The molecule has 4 nitrogen and oxygen atoms in total. The number of rotatable bonds is 5. The molecule has 0 bridgehead atoms. The van der Waals surface area contributed by atoms with Gasteiger partial charge in [0.05, 0.1) is 0 Å². The van der Waals surface area contributed by atoms with Crippen molar-refractivity contribution in [3.8, 4) is 0 Å². The average molecular weight is 377 g/mol. The van der Waals surface area contributed by atoms with Gasteiger partial charge in [0, 0.05) is 12.0 Å². The molecule has 1 aliphatic rings. The molecule has 1 N–H and O–H groups in total. The lowest BCUT2D eigenvalue weighted by Gasteiger charge is -2.21. The van der Waals surface area contributed by atoms with Crippen molar-refractivity contribution >= 4 is 22.4 Å². The maximum Gasteiger partial charge on any atom is 0.257 e. The molecule has 1 aliphatic carbocycles. The second kappa shape index (κ2) is 8.44. The Morgan fingerprint density at radius 2 is 1.74 bits per heavy atom. The minimum atomic E-state index is -0.138. The van der Waals surface area contributed by atoms with Crippen LogP contribution in [0.15, 0.2) is 54.6 Å². The third-order valence-electron chi connectivity index (χ3n) is 4.97. The van der Waals surface area contributed by atoms with E-state index in [4.69, 9.17) is 0 Å². The molecule has 0 unspecified atom stereocenters. The van der Waals surface area contributed by atoms with Crippen LogP contribution in [0.3, 0.4) is 0 Å². The van der Waals surface area contributed by atoms with Gasteiger partial charge < -0.3 is 0 Å². The van der Waals surface area contributed by atoms with Crippen molar-refractivity contribution in [3.05, 3.63) is 82.7 Å². The zero-order chi connectivity index (χ0) is 18.5. The van der Waals surface area contributed by atoms with Gasteiger partial charge in [-0.15, -0.1) is 10.2 Å². The highest BCUT2D eigenvalue weighted by atomic mass is 32.1. The summed E-state index contributed by atoms with van der Waals surface area (Å²) in [5, 5.41) is 12.6. The summed E-state index contributed by atoms with van der Waals surface area (Å²) in [6, 6.07) is 18.1. The molecule has 27 heavy (non-hydrogen) atoms. The number of hydrogen-bond acceptors (Lipinski definition) is 4. The third kappa shape index (κ3) is 4.61. The van der Waals surface area contributed by atoms with E-state index in [-0.39, 0.29) is 5.91 Å². The molecule has 1 aromatic heterocycles. The number of carbonyl (C=O) groups excluding carboxylic acids is 1. The summed E-state index contributed by atoms with van der Waals surface area (Å²) < 4.78 is 0. The minimum Gasteiger partial charge on any atom is -0.296 e. The van der Waals surface area contributed by atoms with Crippen molar-refractivity contribution in [1.82, 2.24) is 10.2 Å². The van der Waals surface area contributed by atoms with Gasteiger partial charge >= 0.3 is 0 Å². The predicted molar refractivity (Wildman–Crippen MR) is 109 cm³/mol. The van der Waals surface area contributed by atoms with Gasteiger partial charge in [-0.05, 0) is 61.3 Å². The van der Waals surface area contributed by atoms with Gasteiger partial charge in [0.15, 0.2) is 0 Å². The molecule has 1 radical (unpaired) electrons. The zero-order valence-electron chi connectivity index (χ0n) is 15.1. The van der Waals surface area contributed by atoms with Gasteiger partial charge in [-0.25, -0.2) is 0 Å². The maximum absolute atomic E-state index is 12.5. The number of hydrogen-bond donors (Lipinski definition) is 1. The first-order chi connectivity index (χ1) is 13.3. The van der Waals surface area contributed by atoms with Crippen LogP contribution in [0.2, 0.25) is 0 Å². The highest BCUT2D eigenvalue weighted by molar-refractivity contribution is 7.15. The molecule has 1 heterocycles. The predicted octanol–water partition coefficient (Wildman–Crippen LogP) is 5.24. The Labute approximate surface area is 163 Å². The first-order valence-corrected chi connectivity index (χ1v) is 10.2. The normalized spacial score (nSPS) is 14.8. The number of benzene rings is 2. The van der Waals surface area contributed by atoms with Crippen molar-refractivity contribution in [3.63, 3.8) is 0 Å². The van der Waals surface area contributed by atoms with Crippen molar-refractivity contribution < 1.29 is 4.79 Å². The van der Waals surface area contributed by atoms with E-state index in [1.807, 2.05) is 30.3 Å². The Morgan fingerprint density at radius 3 is 2.48 bits per heavy atom. The highest BCUT2D eigenvalue weighted by Crippen LogP contribution is 2.32. The Hall–Kier alpha value is -2.53. The Balaban J connectivity index is 1.37. The minimum absolute atomic E-state index is 0.138. The van der Waals surface area contributed by atoms with E-state index in [0.717, 1.165) is 11.4 Å². The van der Waals surface area contributed by atoms with E-state index in [1.54, 1.807) is 0 Å². The molecule has 1 fully saturated rings. The molecule has 0 atom stereocenters. The summed E-state index contributed by atoms with van der Waals surface area (Å²) in [5.74, 6) is 0.483. The number of nitrogens with one attached hydrogen (secondary N) is 1. The number of aromatic nitrogens is 2. The molecule has 2 aromatic carbocycles. The molecule has 0 spiro atoms. The second-order valence-corrected chi connectivity index (χ2v) is 7.94. The van der Waals surface area contributed by atoms with Crippen LogP contribution in [-0.2, 0) is 6.42 Å². The quantitative estimate of drug-likeness (QED) is 0.662. The second-order valence-electron chi connectivity index (χ2n) is 6.88. The van der Waals surface area contributed by atoms with Crippen LogP contribution in [0, 0.1) is 6.42 Å². The lowest BCUT2D eigenvalue weighted by atomic mass is 9.84. The van der Waals surface area contributed by atoms with E-state index in [1.165, 1.54) is 48.1 Å². The topological polar surface area (TPSA) is 54.9 Å². The fraction of sp³-hybridized carbons (Fsp3) is 0.273. The Bertz CT molecular complexity index is 883. The molecule has 3 aromatic rings. The first kappa shape index (κ1) is 17.9. The van der Waals surface area contributed by atoms with E-state index in [2.05, 4.69) is 46.2 Å². The highest BCUT2D eigenvalue weighted by Gasteiger charge is 2.16. The van der Waals surface area contributed by atoms with E-state index >= 15 is 0 Å². The lowest BCUT2D eigenvalue weighted by Crippen LogP contribution is -2.12. The van der Waals surface area contributed by atoms with Crippen LogP contribution >= 0.6 is 11.3 Å². The number of amides is 1. The fourth-order valence-electron chi connectivity index (χ4n) is 3.48. The largest absolute Gasteiger partial charge is 0.296 e. The molecule has 137 valence electrons. The summed E-state index contributed by atoms with van der Waals surface area (Å²) >= 11 is 1.42. The molecule has 5 heteroatoms. The monoisotopic (exact) mass is 376 g/mol. The number of nitrogens with zero attached hydrogens (tertiary/aromatic N) is 2. The number of anilines is 1. The molecule has 0 aliphatic heterocycles. The van der Waals surface area contributed by atoms with Gasteiger partial charge in [-0.3, -0.25) is 10.1 Å².